The van der Waals surface area contributed by atoms with Crippen LogP contribution in [-0.2, 0) is 9.53 Å². The summed E-state index contributed by atoms with van der Waals surface area (Å²) in [4.78, 5) is 14.3. The van der Waals surface area contributed by atoms with Gasteiger partial charge in [-0.1, -0.05) is 19.8 Å². The quantitative estimate of drug-likeness (QED) is 0.623. The predicted molar refractivity (Wildman–Crippen MR) is 81.6 cm³/mol. The molecule has 1 heterocycles. The minimum absolute atomic E-state index is 0.0351. The highest BCUT2D eigenvalue weighted by molar-refractivity contribution is 5.81. The van der Waals surface area contributed by atoms with Gasteiger partial charge in [0.2, 0.25) is 5.91 Å². The van der Waals surface area contributed by atoms with Crippen molar-refractivity contribution in [3.05, 3.63) is 0 Å². The number of carbonyl (C=O) groups is 1. The van der Waals surface area contributed by atoms with Crippen LogP contribution in [0.2, 0.25) is 0 Å². The van der Waals surface area contributed by atoms with E-state index in [0.717, 1.165) is 38.9 Å². The molecule has 0 aliphatic carbocycles. The SMILES string of the molecule is CCCCCNC(=O)C(C)N1CCC(OCCN)CC1. The van der Waals surface area contributed by atoms with Crippen LogP contribution in [0.1, 0.15) is 46.0 Å². The molecular formula is C15H31N3O2. The number of likely N-dealkylation sites (tertiary alicyclic amines) is 1. The molecule has 1 unspecified atom stereocenters. The molecule has 0 radical (unpaired) electrons. The molecule has 5 nitrogen and oxygen atoms in total. The fourth-order valence-electron chi connectivity index (χ4n) is 2.56. The minimum atomic E-state index is -0.0351. The van der Waals surface area contributed by atoms with E-state index in [1.165, 1.54) is 12.8 Å². The van der Waals surface area contributed by atoms with E-state index < -0.39 is 0 Å². The molecule has 20 heavy (non-hydrogen) atoms. The molecule has 1 aliphatic heterocycles. The maximum atomic E-state index is 12.1. The molecule has 0 aromatic rings. The summed E-state index contributed by atoms with van der Waals surface area (Å²) in [7, 11) is 0. The van der Waals surface area contributed by atoms with Crippen LogP contribution in [0.5, 0.6) is 0 Å². The Balaban J connectivity index is 2.20. The molecule has 1 rings (SSSR count). The second-order valence-corrected chi connectivity index (χ2v) is 5.57. The largest absolute Gasteiger partial charge is 0.377 e. The standard InChI is InChI=1S/C15H31N3O2/c1-3-4-5-9-17-15(19)13(2)18-10-6-14(7-11-18)20-12-8-16/h13-14H,3-12,16H2,1-2H3,(H,17,19). The summed E-state index contributed by atoms with van der Waals surface area (Å²) in [6, 6.07) is -0.0351. The van der Waals surface area contributed by atoms with Crippen molar-refractivity contribution in [3.8, 4) is 0 Å². The predicted octanol–water partition coefficient (Wildman–Crippen LogP) is 1.12. The van der Waals surface area contributed by atoms with Crippen molar-refractivity contribution >= 4 is 5.91 Å². The molecule has 5 heteroatoms. The smallest absolute Gasteiger partial charge is 0.237 e. The molecule has 3 N–H and O–H groups in total. The second-order valence-electron chi connectivity index (χ2n) is 5.57. The number of amides is 1. The molecule has 0 aromatic heterocycles. The van der Waals surface area contributed by atoms with E-state index in [9.17, 15) is 4.79 Å². The van der Waals surface area contributed by atoms with Crippen LogP contribution in [0.15, 0.2) is 0 Å². The maximum absolute atomic E-state index is 12.1. The Morgan fingerprint density at radius 2 is 2.10 bits per heavy atom. The number of carbonyl (C=O) groups excluding carboxylic acids is 1. The summed E-state index contributed by atoms with van der Waals surface area (Å²) >= 11 is 0. The second kappa shape index (κ2) is 10.1. The van der Waals surface area contributed by atoms with Crippen LogP contribution in [0, 0.1) is 0 Å². The highest BCUT2D eigenvalue weighted by Gasteiger charge is 2.26. The summed E-state index contributed by atoms with van der Waals surface area (Å²) < 4.78 is 5.66. The van der Waals surface area contributed by atoms with Crippen molar-refractivity contribution in [1.82, 2.24) is 10.2 Å². The van der Waals surface area contributed by atoms with Crippen molar-refractivity contribution in [2.45, 2.75) is 58.1 Å². The first-order valence-corrected chi connectivity index (χ1v) is 8.02. The van der Waals surface area contributed by atoms with E-state index >= 15 is 0 Å². The fraction of sp³-hybridized carbons (Fsp3) is 0.933. The molecule has 0 aromatic carbocycles. The van der Waals surface area contributed by atoms with E-state index in [1.807, 2.05) is 6.92 Å². The lowest BCUT2D eigenvalue weighted by atomic mass is 10.1. The lowest BCUT2D eigenvalue weighted by Crippen LogP contribution is -2.49. The van der Waals surface area contributed by atoms with Gasteiger partial charge in [-0.15, -0.1) is 0 Å². The number of hydrogen-bond acceptors (Lipinski definition) is 4. The fourth-order valence-corrected chi connectivity index (χ4v) is 2.56. The third kappa shape index (κ3) is 6.20. The molecule has 0 saturated carbocycles. The number of ether oxygens (including phenoxy) is 1. The highest BCUT2D eigenvalue weighted by Crippen LogP contribution is 2.15. The third-order valence-corrected chi connectivity index (χ3v) is 3.95. The first-order valence-electron chi connectivity index (χ1n) is 8.02. The zero-order valence-corrected chi connectivity index (χ0v) is 13.1. The Morgan fingerprint density at radius 1 is 1.40 bits per heavy atom. The average molecular weight is 285 g/mol. The van der Waals surface area contributed by atoms with Gasteiger partial charge in [0.1, 0.15) is 0 Å². The van der Waals surface area contributed by atoms with Crippen molar-refractivity contribution in [1.29, 1.82) is 0 Å². The Hall–Kier alpha value is -0.650. The third-order valence-electron chi connectivity index (χ3n) is 3.95. The van der Waals surface area contributed by atoms with Crippen LogP contribution in [0.3, 0.4) is 0 Å². The summed E-state index contributed by atoms with van der Waals surface area (Å²) in [6.07, 6.45) is 5.74. The van der Waals surface area contributed by atoms with Crippen LogP contribution in [0.25, 0.3) is 0 Å². The van der Waals surface area contributed by atoms with Crippen molar-refractivity contribution in [2.24, 2.45) is 5.73 Å². The number of unbranched alkanes of at least 4 members (excludes halogenated alkanes) is 2. The van der Waals surface area contributed by atoms with Gasteiger partial charge in [-0.3, -0.25) is 9.69 Å². The number of nitrogens with zero attached hydrogens (tertiary/aromatic N) is 1. The number of rotatable bonds is 9. The first kappa shape index (κ1) is 17.4. The van der Waals surface area contributed by atoms with Gasteiger partial charge in [0.15, 0.2) is 0 Å². The molecule has 1 aliphatic rings. The molecule has 1 fully saturated rings. The molecule has 0 bridgehead atoms. The Labute approximate surface area is 123 Å². The van der Waals surface area contributed by atoms with Crippen LogP contribution in [-0.4, -0.2) is 55.7 Å². The molecule has 1 saturated heterocycles. The first-order chi connectivity index (χ1) is 9.69. The van der Waals surface area contributed by atoms with Crippen molar-refractivity contribution in [2.75, 3.05) is 32.8 Å². The lowest BCUT2D eigenvalue weighted by Gasteiger charge is -2.35. The van der Waals surface area contributed by atoms with Crippen LogP contribution >= 0.6 is 0 Å². The van der Waals surface area contributed by atoms with Gasteiger partial charge >= 0.3 is 0 Å². The monoisotopic (exact) mass is 285 g/mol. The summed E-state index contributed by atoms with van der Waals surface area (Å²) in [6.45, 7) is 8.04. The number of piperidine rings is 1. The average Bonchev–Trinajstić information content (AvgIpc) is 2.49. The molecule has 1 amide bonds. The van der Waals surface area contributed by atoms with E-state index in [4.69, 9.17) is 10.5 Å². The van der Waals surface area contributed by atoms with Gasteiger partial charge in [-0.05, 0) is 26.2 Å². The molecule has 1 atom stereocenters. The summed E-state index contributed by atoms with van der Waals surface area (Å²) in [5.41, 5.74) is 5.44. The molecular weight excluding hydrogens is 254 g/mol. The van der Waals surface area contributed by atoms with Gasteiger partial charge in [0.25, 0.3) is 0 Å². The van der Waals surface area contributed by atoms with Gasteiger partial charge in [-0.2, -0.15) is 0 Å². The van der Waals surface area contributed by atoms with Gasteiger partial charge in [0.05, 0.1) is 18.8 Å². The summed E-state index contributed by atoms with van der Waals surface area (Å²) in [5.74, 6) is 0.155. The van der Waals surface area contributed by atoms with Gasteiger partial charge in [-0.25, -0.2) is 0 Å². The molecule has 118 valence electrons. The normalized spacial score (nSPS) is 18.9. The number of nitrogens with one attached hydrogen (secondary N) is 1. The maximum Gasteiger partial charge on any atom is 0.237 e. The van der Waals surface area contributed by atoms with Gasteiger partial charge < -0.3 is 15.8 Å². The van der Waals surface area contributed by atoms with Crippen molar-refractivity contribution in [3.63, 3.8) is 0 Å². The van der Waals surface area contributed by atoms with Crippen LogP contribution in [0.4, 0.5) is 0 Å². The zero-order chi connectivity index (χ0) is 14.8. The Morgan fingerprint density at radius 3 is 2.70 bits per heavy atom. The Kier molecular flexibility index (Phi) is 8.82. The Bertz CT molecular complexity index is 266. The molecule has 0 spiro atoms. The number of nitrogens with two attached hydrogens (primary N) is 1. The van der Waals surface area contributed by atoms with E-state index in [2.05, 4.69) is 17.1 Å². The minimum Gasteiger partial charge on any atom is -0.377 e. The summed E-state index contributed by atoms with van der Waals surface area (Å²) in [5, 5.41) is 3.03. The lowest BCUT2D eigenvalue weighted by molar-refractivity contribution is -0.127. The van der Waals surface area contributed by atoms with Crippen molar-refractivity contribution < 1.29 is 9.53 Å². The van der Waals surface area contributed by atoms with Gasteiger partial charge in [0, 0.05) is 26.2 Å². The van der Waals surface area contributed by atoms with Crippen LogP contribution < -0.4 is 11.1 Å². The van der Waals surface area contributed by atoms with E-state index in [1.54, 1.807) is 0 Å². The highest BCUT2D eigenvalue weighted by atomic mass is 16.5. The zero-order valence-electron chi connectivity index (χ0n) is 13.1. The topological polar surface area (TPSA) is 67.6 Å². The number of hydrogen-bond donors (Lipinski definition) is 2. The van der Waals surface area contributed by atoms with E-state index in [-0.39, 0.29) is 11.9 Å². The van der Waals surface area contributed by atoms with E-state index in [0.29, 0.717) is 19.3 Å².